The molecule has 1 saturated heterocycles. The molecule has 0 bridgehead atoms. The van der Waals surface area contributed by atoms with E-state index in [9.17, 15) is 8.42 Å². The Bertz CT molecular complexity index is 664. The molecule has 1 aromatic carbocycles. The van der Waals surface area contributed by atoms with Gasteiger partial charge in [-0.15, -0.1) is 0 Å². The van der Waals surface area contributed by atoms with Gasteiger partial charge in [-0.25, -0.2) is 13.1 Å². The monoisotopic (exact) mass is 305 g/mol. The maximum atomic E-state index is 11.4. The number of sulfone groups is 1. The molecule has 1 N–H and O–H groups in total. The quantitative estimate of drug-likeness (QED) is 0.930. The van der Waals surface area contributed by atoms with E-state index < -0.39 is 9.84 Å². The summed E-state index contributed by atoms with van der Waals surface area (Å²) >= 11 is 0. The molecule has 6 heteroatoms. The average Bonchev–Trinajstić information content (AvgIpc) is 3.01. The number of aromatic nitrogens is 2. The lowest BCUT2D eigenvalue weighted by Gasteiger charge is -2.23. The molecule has 1 aromatic heterocycles. The molecule has 0 radical (unpaired) electrons. The lowest BCUT2D eigenvalue weighted by molar-refractivity contribution is 0.463. The van der Waals surface area contributed by atoms with E-state index in [4.69, 9.17) is 0 Å². The van der Waals surface area contributed by atoms with E-state index in [-0.39, 0.29) is 0 Å². The zero-order chi connectivity index (χ0) is 14.7. The largest absolute Gasteiger partial charge is 0.310 e. The van der Waals surface area contributed by atoms with Crippen molar-refractivity contribution in [3.05, 3.63) is 48.3 Å². The van der Waals surface area contributed by atoms with Gasteiger partial charge in [-0.05, 0) is 36.6 Å². The number of hydrogen-bond donors (Lipinski definition) is 1. The van der Waals surface area contributed by atoms with Gasteiger partial charge >= 0.3 is 0 Å². The van der Waals surface area contributed by atoms with Crippen LogP contribution in [-0.2, 0) is 16.4 Å². The molecule has 5 nitrogen and oxygen atoms in total. The summed E-state index contributed by atoms with van der Waals surface area (Å²) in [4.78, 5) is 0. The van der Waals surface area contributed by atoms with Crippen LogP contribution in [0.5, 0.6) is 0 Å². The molecule has 0 saturated carbocycles. The second-order valence-corrected chi connectivity index (χ2v) is 7.73. The molecule has 0 aliphatic carbocycles. The molecule has 21 heavy (non-hydrogen) atoms. The van der Waals surface area contributed by atoms with Crippen LogP contribution in [0.25, 0.3) is 5.69 Å². The third-order valence-corrected chi connectivity index (χ3v) is 5.57. The lowest BCUT2D eigenvalue weighted by atomic mass is 10.1. The van der Waals surface area contributed by atoms with Crippen LogP contribution in [-0.4, -0.2) is 35.7 Å². The minimum Gasteiger partial charge on any atom is -0.310 e. The predicted molar refractivity (Wildman–Crippen MR) is 82.1 cm³/mol. The van der Waals surface area contributed by atoms with Crippen molar-refractivity contribution in [2.45, 2.75) is 25.4 Å². The molecule has 3 rings (SSSR count). The van der Waals surface area contributed by atoms with Gasteiger partial charge in [0.2, 0.25) is 0 Å². The van der Waals surface area contributed by atoms with Crippen LogP contribution in [0.15, 0.2) is 42.7 Å². The first-order chi connectivity index (χ1) is 10.1. The van der Waals surface area contributed by atoms with Gasteiger partial charge in [0.05, 0.1) is 17.2 Å². The van der Waals surface area contributed by atoms with Gasteiger partial charge in [0.1, 0.15) is 9.84 Å². The van der Waals surface area contributed by atoms with Crippen LogP contribution < -0.4 is 5.32 Å². The number of nitrogens with one attached hydrogen (secondary N) is 1. The van der Waals surface area contributed by atoms with Gasteiger partial charge in [-0.3, -0.25) is 0 Å². The first-order valence-corrected chi connectivity index (χ1v) is 8.97. The SMILES string of the molecule is O=S1(=O)CCC(NCc2ccc(-n3cccn3)cc2)CC1. The van der Waals surface area contributed by atoms with Crippen molar-refractivity contribution in [2.24, 2.45) is 0 Å². The summed E-state index contributed by atoms with van der Waals surface area (Å²) in [7, 11) is -2.78. The summed E-state index contributed by atoms with van der Waals surface area (Å²) in [5.74, 6) is 0.617. The third kappa shape index (κ3) is 3.71. The minimum absolute atomic E-state index is 0.305. The normalized spacial score (nSPS) is 18.7. The Morgan fingerprint density at radius 2 is 1.90 bits per heavy atom. The highest BCUT2D eigenvalue weighted by Gasteiger charge is 2.22. The van der Waals surface area contributed by atoms with E-state index in [1.807, 2.05) is 29.1 Å². The first-order valence-electron chi connectivity index (χ1n) is 7.15. The van der Waals surface area contributed by atoms with Crippen molar-refractivity contribution in [3.63, 3.8) is 0 Å². The molecule has 1 aliphatic rings. The topological polar surface area (TPSA) is 64.0 Å². The molecular weight excluding hydrogens is 286 g/mol. The zero-order valence-electron chi connectivity index (χ0n) is 11.8. The number of benzene rings is 1. The maximum absolute atomic E-state index is 11.4. The van der Waals surface area contributed by atoms with Crippen LogP contribution in [0.4, 0.5) is 0 Å². The number of nitrogens with zero attached hydrogens (tertiary/aromatic N) is 2. The van der Waals surface area contributed by atoms with Crippen LogP contribution in [0.3, 0.4) is 0 Å². The Morgan fingerprint density at radius 3 is 2.52 bits per heavy atom. The van der Waals surface area contributed by atoms with Crippen molar-refractivity contribution in [1.82, 2.24) is 15.1 Å². The van der Waals surface area contributed by atoms with E-state index >= 15 is 0 Å². The molecule has 1 aliphatic heterocycles. The zero-order valence-corrected chi connectivity index (χ0v) is 12.6. The smallest absolute Gasteiger partial charge is 0.150 e. The standard InChI is InChI=1S/C15H19N3O2S/c19-21(20)10-6-14(7-11-21)16-12-13-2-4-15(5-3-13)18-9-1-8-17-18/h1-5,8-9,14,16H,6-7,10-12H2. The summed E-state index contributed by atoms with van der Waals surface area (Å²) in [6.45, 7) is 0.768. The second-order valence-electron chi connectivity index (χ2n) is 5.42. The summed E-state index contributed by atoms with van der Waals surface area (Å²) in [5, 5.41) is 7.64. The molecule has 2 heterocycles. The Hall–Kier alpha value is -1.66. The van der Waals surface area contributed by atoms with Crippen LogP contribution >= 0.6 is 0 Å². The van der Waals surface area contributed by atoms with Crippen molar-refractivity contribution < 1.29 is 8.42 Å². The molecular formula is C15H19N3O2S. The lowest BCUT2D eigenvalue weighted by Crippen LogP contribution is -2.37. The fourth-order valence-corrected chi connectivity index (χ4v) is 4.04. The summed E-state index contributed by atoms with van der Waals surface area (Å²) in [6, 6.07) is 10.4. The van der Waals surface area contributed by atoms with Gasteiger partial charge in [-0.1, -0.05) is 12.1 Å². The summed E-state index contributed by atoms with van der Waals surface area (Å²) in [5.41, 5.74) is 2.23. The van der Waals surface area contributed by atoms with Crippen molar-refractivity contribution in [3.8, 4) is 5.69 Å². The van der Waals surface area contributed by atoms with Crippen LogP contribution in [0, 0.1) is 0 Å². The maximum Gasteiger partial charge on any atom is 0.150 e. The van der Waals surface area contributed by atoms with Crippen molar-refractivity contribution in [2.75, 3.05) is 11.5 Å². The van der Waals surface area contributed by atoms with Crippen molar-refractivity contribution >= 4 is 9.84 Å². The van der Waals surface area contributed by atoms with Crippen LogP contribution in [0.1, 0.15) is 18.4 Å². The fraction of sp³-hybridized carbons (Fsp3) is 0.400. The molecule has 0 spiro atoms. The second kappa shape index (κ2) is 5.99. The van der Waals surface area contributed by atoms with E-state index in [1.165, 1.54) is 5.56 Å². The third-order valence-electron chi connectivity index (χ3n) is 3.85. The van der Waals surface area contributed by atoms with E-state index in [0.717, 1.165) is 12.2 Å². The molecule has 0 atom stereocenters. The highest BCUT2D eigenvalue weighted by Crippen LogP contribution is 2.14. The molecule has 2 aromatic rings. The molecule has 1 fully saturated rings. The fourth-order valence-electron chi connectivity index (χ4n) is 2.54. The number of rotatable bonds is 4. The van der Waals surface area contributed by atoms with E-state index in [2.05, 4.69) is 22.5 Å². The van der Waals surface area contributed by atoms with Gasteiger partial charge < -0.3 is 5.32 Å². The molecule has 0 unspecified atom stereocenters. The first kappa shape index (κ1) is 14.3. The van der Waals surface area contributed by atoms with E-state index in [0.29, 0.717) is 30.4 Å². The average molecular weight is 305 g/mol. The highest BCUT2D eigenvalue weighted by atomic mass is 32.2. The van der Waals surface area contributed by atoms with Crippen molar-refractivity contribution in [1.29, 1.82) is 0 Å². The summed E-state index contributed by atoms with van der Waals surface area (Å²) < 4.78 is 24.6. The van der Waals surface area contributed by atoms with Gasteiger partial charge in [-0.2, -0.15) is 5.10 Å². The van der Waals surface area contributed by atoms with Gasteiger partial charge in [0, 0.05) is 25.0 Å². The Balaban J connectivity index is 1.54. The number of hydrogen-bond acceptors (Lipinski definition) is 4. The van der Waals surface area contributed by atoms with Gasteiger partial charge in [0.25, 0.3) is 0 Å². The van der Waals surface area contributed by atoms with Gasteiger partial charge in [0.15, 0.2) is 0 Å². The molecule has 0 amide bonds. The predicted octanol–water partition coefficient (Wildman–Crippen LogP) is 1.54. The van der Waals surface area contributed by atoms with Crippen LogP contribution in [0.2, 0.25) is 0 Å². The molecule has 112 valence electrons. The Morgan fingerprint density at radius 1 is 1.19 bits per heavy atom. The summed E-state index contributed by atoms with van der Waals surface area (Å²) in [6.07, 6.45) is 5.10. The minimum atomic E-state index is -2.78. The van der Waals surface area contributed by atoms with E-state index in [1.54, 1.807) is 6.20 Å². The Labute approximate surface area is 124 Å². The Kier molecular flexibility index (Phi) is 4.07. The highest BCUT2D eigenvalue weighted by molar-refractivity contribution is 7.91.